The van der Waals surface area contributed by atoms with Crippen molar-refractivity contribution in [1.82, 2.24) is 9.66 Å². The number of imidazole rings is 1. The molecule has 0 aliphatic carbocycles. The third kappa shape index (κ3) is 2.39. The van der Waals surface area contributed by atoms with Gasteiger partial charge in [0.1, 0.15) is 11.6 Å². The molecule has 88 valence electrons. The molecular formula is C10H8F2N4O. The Labute approximate surface area is 94.8 Å². The molecule has 0 aliphatic rings. The average Bonchev–Trinajstić information content (AvgIpc) is 2.62. The Morgan fingerprint density at radius 1 is 1.29 bits per heavy atom. The Morgan fingerprint density at radius 2 is 1.94 bits per heavy atom. The Balaban J connectivity index is 2.21. The van der Waals surface area contributed by atoms with E-state index in [2.05, 4.69) is 10.3 Å². The molecular weight excluding hydrogens is 230 g/mol. The lowest BCUT2D eigenvalue weighted by Gasteiger charge is -2.05. The Hall–Kier alpha value is -2.44. The molecule has 1 amide bonds. The molecule has 2 rings (SSSR count). The van der Waals surface area contributed by atoms with Crippen LogP contribution in [0, 0.1) is 11.6 Å². The van der Waals surface area contributed by atoms with E-state index in [-0.39, 0.29) is 11.5 Å². The molecule has 2 aromatic rings. The van der Waals surface area contributed by atoms with Gasteiger partial charge in [-0.15, -0.1) is 0 Å². The van der Waals surface area contributed by atoms with Crippen LogP contribution in [0.1, 0.15) is 10.6 Å². The van der Waals surface area contributed by atoms with Crippen LogP contribution in [0.25, 0.3) is 0 Å². The zero-order chi connectivity index (χ0) is 12.4. The molecule has 1 aromatic carbocycles. The van der Waals surface area contributed by atoms with E-state index >= 15 is 0 Å². The van der Waals surface area contributed by atoms with Gasteiger partial charge < -0.3 is 11.2 Å². The molecule has 0 unspecified atom stereocenters. The summed E-state index contributed by atoms with van der Waals surface area (Å²) >= 11 is 0. The number of carbonyl (C=O) groups is 1. The van der Waals surface area contributed by atoms with Gasteiger partial charge in [0.05, 0.1) is 0 Å². The van der Waals surface area contributed by atoms with Crippen LogP contribution >= 0.6 is 0 Å². The molecule has 0 saturated carbocycles. The van der Waals surface area contributed by atoms with E-state index in [0.717, 1.165) is 16.8 Å². The number of halogens is 2. The molecule has 0 spiro atoms. The van der Waals surface area contributed by atoms with Gasteiger partial charge in [-0.05, 0) is 12.1 Å². The fraction of sp³-hybridized carbons (Fsp3) is 0. The van der Waals surface area contributed by atoms with Gasteiger partial charge in [0.2, 0.25) is 5.82 Å². The first-order chi connectivity index (χ1) is 8.06. The second-order valence-electron chi connectivity index (χ2n) is 3.27. The van der Waals surface area contributed by atoms with Crippen molar-refractivity contribution in [1.29, 1.82) is 0 Å². The molecule has 0 bridgehead atoms. The predicted octanol–water partition coefficient (Wildman–Crippen LogP) is 1.13. The lowest BCUT2D eigenvalue weighted by atomic mass is 10.3. The summed E-state index contributed by atoms with van der Waals surface area (Å²) in [5, 5.41) is 2.28. The summed E-state index contributed by atoms with van der Waals surface area (Å²) in [4.78, 5) is 15.3. The molecule has 0 aliphatic heterocycles. The predicted molar refractivity (Wildman–Crippen MR) is 56.7 cm³/mol. The van der Waals surface area contributed by atoms with E-state index < -0.39 is 17.5 Å². The Kier molecular flexibility index (Phi) is 2.73. The van der Waals surface area contributed by atoms with Crippen LogP contribution < -0.4 is 11.2 Å². The van der Waals surface area contributed by atoms with Crippen molar-refractivity contribution in [2.45, 2.75) is 0 Å². The summed E-state index contributed by atoms with van der Waals surface area (Å²) in [5.74, 6) is 3.13. The highest BCUT2D eigenvalue weighted by Crippen LogP contribution is 2.13. The summed E-state index contributed by atoms with van der Waals surface area (Å²) in [6.45, 7) is 0. The van der Waals surface area contributed by atoms with Crippen LogP contribution in [0.5, 0.6) is 0 Å². The van der Waals surface area contributed by atoms with Crippen molar-refractivity contribution in [3.63, 3.8) is 0 Å². The molecule has 1 aromatic heterocycles. The van der Waals surface area contributed by atoms with Crippen LogP contribution in [0.3, 0.4) is 0 Å². The highest BCUT2D eigenvalue weighted by Gasteiger charge is 2.12. The maximum atomic E-state index is 12.9. The standard InChI is InChI=1S/C10H8F2N4O/c11-6-3-7(12)5-8(4-6)15-10(17)9-14-1-2-16(9)13/h1-5H,13H2,(H,15,17). The van der Waals surface area contributed by atoms with E-state index in [1.165, 1.54) is 12.4 Å². The fourth-order valence-corrected chi connectivity index (χ4v) is 1.30. The monoisotopic (exact) mass is 238 g/mol. The maximum Gasteiger partial charge on any atom is 0.293 e. The van der Waals surface area contributed by atoms with Crippen LogP contribution in [0.4, 0.5) is 14.5 Å². The number of nitrogens with zero attached hydrogens (tertiary/aromatic N) is 2. The smallest absolute Gasteiger partial charge is 0.293 e. The average molecular weight is 238 g/mol. The van der Waals surface area contributed by atoms with Crippen molar-refractivity contribution in [2.24, 2.45) is 0 Å². The van der Waals surface area contributed by atoms with Crippen molar-refractivity contribution in [3.05, 3.63) is 48.1 Å². The zero-order valence-corrected chi connectivity index (χ0v) is 8.52. The number of rotatable bonds is 2. The molecule has 0 saturated heterocycles. The second kappa shape index (κ2) is 4.20. The topological polar surface area (TPSA) is 72.9 Å². The maximum absolute atomic E-state index is 12.9. The van der Waals surface area contributed by atoms with Crippen molar-refractivity contribution >= 4 is 11.6 Å². The second-order valence-corrected chi connectivity index (χ2v) is 3.27. The minimum absolute atomic E-state index is 0.00417. The molecule has 7 heteroatoms. The van der Waals surface area contributed by atoms with Crippen LogP contribution in [0.2, 0.25) is 0 Å². The minimum atomic E-state index is -0.781. The number of nitrogen functional groups attached to an aromatic ring is 1. The summed E-state index contributed by atoms with van der Waals surface area (Å²) in [6, 6.07) is 2.69. The van der Waals surface area contributed by atoms with Gasteiger partial charge in [-0.3, -0.25) is 4.79 Å². The molecule has 0 atom stereocenters. The zero-order valence-electron chi connectivity index (χ0n) is 8.52. The number of hydrogen-bond donors (Lipinski definition) is 2. The molecule has 0 fully saturated rings. The van der Waals surface area contributed by atoms with Crippen molar-refractivity contribution < 1.29 is 13.6 Å². The summed E-state index contributed by atoms with van der Waals surface area (Å²) < 4.78 is 26.7. The quantitative estimate of drug-likeness (QED) is 0.770. The Bertz CT molecular complexity index is 547. The lowest BCUT2D eigenvalue weighted by Crippen LogP contribution is -2.22. The van der Waals surface area contributed by atoms with Crippen molar-refractivity contribution in [3.8, 4) is 0 Å². The molecule has 1 heterocycles. The molecule has 17 heavy (non-hydrogen) atoms. The van der Waals surface area contributed by atoms with Gasteiger partial charge in [0.15, 0.2) is 0 Å². The van der Waals surface area contributed by atoms with E-state index in [9.17, 15) is 13.6 Å². The van der Waals surface area contributed by atoms with Crippen LogP contribution in [-0.4, -0.2) is 15.6 Å². The number of hydrogen-bond acceptors (Lipinski definition) is 3. The number of nitrogens with two attached hydrogens (primary N) is 1. The van der Waals surface area contributed by atoms with Gasteiger partial charge in [-0.2, -0.15) is 0 Å². The summed E-state index contributed by atoms with van der Waals surface area (Å²) in [5.41, 5.74) is -0.00417. The number of carbonyl (C=O) groups excluding carboxylic acids is 1. The first-order valence-electron chi connectivity index (χ1n) is 4.62. The number of anilines is 1. The van der Waals surface area contributed by atoms with E-state index in [4.69, 9.17) is 5.84 Å². The third-order valence-electron chi connectivity index (χ3n) is 1.99. The lowest BCUT2D eigenvalue weighted by molar-refractivity contribution is 0.101. The highest BCUT2D eigenvalue weighted by atomic mass is 19.1. The first kappa shape index (κ1) is 11.1. The number of nitrogens with one attached hydrogen (secondary N) is 1. The number of benzene rings is 1. The van der Waals surface area contributed by atoms with Gasteiger partial charge in [0, 0.05) is 24.1 Å². The fourth-order valence-electron chi connectivity index (χ4n) is 1.30. The normalized spacial score (nSPS) is 10.2. The molecule has 3 N–H and O–H groups in total. The molecule has 5 nitrogen and oxygen atoms in total. The largest absolute Gasteiger partial charge is 0.338 e. The number of amides is 1. The Morgan fingerprint density at radius 3 is 2.47 bits per heavy atom. The van der Waals surface area contributed by atoms with Gasteiger partial charge in [-0.25, -0.2) is 18.4 Å². The van der Waals surface area contributed by atoms with Crippen molar-refractivity contribution in [2.75, 3.05) is 11.2 Å². The van der Waals surface area contributed by atoms with Gasteiger partial charge in [0.25, 0.3) is 5.91 Å². The highest BCUT2D eigenvalue weighted by molar-refractivity contribution is 6.01. The van der Waals surface area contributed by atoms with Crippen LogP contribution in [-0.2, 0) is 0 Å². The van der Waals surface area contributed by atoms with E-state index in [1.54, 1.807) is 0 Å². The van der Waals surface area contributed by atoms with Crippen LogP contribution in [0.15, 0.2) is 30.6 Å². The van der Waals surface area contributed by atoms with E-state index in [1.807, 2.05) is 0 Å². The van der Waals surface area contributed by atoms with Gasteiger partial charge >= 0.3 is 0 Å². The third-order valence-corrected chi connectivity index (χ3v) is 1.99. The SMILES string of the molecule is Nn1ccnc1C(=O)Nc1cc(F)cc(F)c1. The minimum Gasteiger partial charge on any atom is -0.338 e. The summed E-state index contributed by atoms with van der Waals surface area (Å²) in [7, 11) is 0. The van der Waals surface area contributed by atoms with E-state index in [0.29, 0.717) is 6.07 Å². The van der Waals surface area contributed by atoms with Gasteiger partial charge in [-0.1, -0.05) is 0 Å². The molecule has 0 radical (unpaired) electrons. The summed E-state index contributed by atoms with van der Waals surface area (Å²) in [6.07, 6.45) is 2.71. The number of aromatic nitrogens is 2. The first-order valence-corrected chi connectivity index (χ1v) is 4.62.